The molecule has 0 aliphatic heterocycles. The molecule has 6 heteroatoms. The van der Waals surface area contributed by atoms with E-state index in [1.54, 1.807) is 18.2 Å². The molecule has 0 saturated carbocycles. The number of H-pyrrole nitrogens is 1. The summed E-state index contributed by atoms with van der Waals surface area (Å²) in [6.07, 6.45) is 0. The summed E-state index contributed by atoms with van der Waals surface area (Å²) in [4.78, 5) is 15.4. The van der Waals surface area contributed by atoms with E-state index in [9.17, 15) is 9.90 Å². The number of rotatable bonds is 4. The van der Waals surface area contributed by atoms with Gasteiger partial charge in [-0.25, -0.2) is 0 Å². The van der Waals surface area contributed by atoms with Gasteiger partial charge in [0.05, 0.1) is 11.6 Å². The molecule has 0 aliphatic carbocycles. The third-order valence-electron chi connectivity index (χ3n) is 3.65. The summed E-state index contributed by atoms with van der Waals surface area (Å²) in [6.45, 7) is 0.236. The lowest BCUT2D eigenvalue weighted by molar-refractivity contribution is 0.0946. The standard InChI is InChI=1S/C17H14Cl2N2O2/c18-12-5-6-14-13(7-12)15(19)16(21-14)17(23)20-8-10-3-1-2-4-11(10)9-22/h1-7,21-22H,8-9H2,(H,20,23). The Balaban J connectivity index is 1.82. The number of carbonyl (C=O) groups excluding carboxylic acids is 1. The van der Waals surface area contributed by atoms with Crippen molar-refractivity contribution in [3.63, 3.8) is 0 Å². The van der Waals surface area contributed by atoms with Gasteiger partial charge >= 0.3 is 0 Å². The Hall–Kier alpha value is -2.01. The molecule has 3 aromatic rings. The van der Waals surface area contributed by atoms with Crippen molar-refractivity contribution in [3.8, 4) is 0 Å². The van der Waals surface area contributed by atoms with Crippen molar-refractivity contribution < 1.29 is 9.90 Å². The summed E-state index contributed by atoms with van der Waals surface area (Å²) >= 11 is 12.2. The second kappa shape index (κ2) is 6.62. The highest BCUT2D eigenvalue weighted by Crippen LogP contribution is 2.29. The molecular weight excluding hydrogens is 335 g/mol. The van der Waals surface area contributed by atoms with E-state index in [-0.39, 0.29) is 12.5 Å². The number of aromatic amines is 1. The minimum absolute atomic E-state index is 0.0717. The Morgan fingerprint density at radius 3 is 2.61 bits per heavy atom. The highest BCUT2D eigenvalue weighted by Gasteiger charge is 2.16. The van der Waals surface area contributed by atoms with E-state index in [1.165, 1.54) is 0 Å². The molecule has 0 aliphatic rings. The van der Waals surface area contributed by atoms with Gasteiger partial charge in [0.2, 0.25) is 0 Å². The van der Waals surface area contributed by atoms with Crippen LogP contribution >= 0.6 is 23.2 Å². The molecule has 3 rings (SSSR count). The quantitative estimate of drug-likeness (QED) is 0.669. The van der Waals surface area contributed by atoms with Crippen LogP contribution in [0.25, 0.3) is 10.9 Å². The summed E-state index contributed by atoms with van der Waals surface area (Å²) < 4.78 is 0. The van der Waals surface area contributed by atoms with Crippen LogP contribution in [0.5, 0.6) is 0 Å². The zero-order valence-electron chi connectivity index (χ0n) is 12.1. The van der Waals surface area contributed by atoms with E-state index in [1.807, 2.05) is 24.3 Å². The average molecular weight is 349 g/mol. The van der Waals surface area contributed by atoms with Crippen LogP contribution in [0.1, 0.15) is 21.6 Å². The van der Waals surface area contributed by atoms with Crippen LogP contribution in [0.2, 0.25) is 10.0 Å². The fraction of sp³-hybridized carbons (Fsp3) is 0.118. The van der Waals surface area contributed by atoms with Crippen LogP contribution in [0.3, 0.4) is 0 Å². The zero-order chi connectivity index (χ0) is 16.4. The minimum Gasteiger partial charge on any atom is -0.392 e. The molecule has 1 heterocycles. The molecule has 118 valence electrons. The SMILES string of the molecule is O=C(NCc1ccccc1CO)c1[nH]c2ccc(Cl)cc2c1Cl. The lowest BCUT2D eigenvalue weighted by Gasteiger charge is -2.08. The van der Waals surface area contributed by atoms with E-state index in [2.05, 4.69) is 10.3 Å². The smallest absolute Gasteiger partial charge is 0.269 e. The Bertz CT molecular complexity index is 874. The fourth-order valence-corrected chi connectivity index (χ4v) is 2.90. The molecule has 2 aromatic carbocycles. The summed E-state index contributed by atoms with van der Waals surface area (Å²) in [5.41, 5.74) is 2.69. The van der Waals surface area contributed by atoms with Gasteiger partial charge in [0.15, 0.2) is 0 Å². The van der Waals surface area contributed by atoms with Crippen LogP contribution < -0.4 is 5.32 Å². The number of aliphatic hydroxyl groups is 1. The number of aliphatic hydroxyl groups excluding tert-OH is 1. The summed E-state index contributed by atoms with van der Waals surface area (Å²) in [5.74, 6) is -0.310. The Morgan fingerprint density at radius 2 is 1.87 bits per heavy atom. The first-order valence-electron chi connectivity index (χ1n) is 7.02. The minimum atomic E-state index is -0.310. The number of amides is 1. The van der Waals surface area contributed by atoms with Crippen molar-refractivity contribution in [2.45, 2.75) is 13.2 Å². The van der Waals surface area contributed by atoms with Crippen molar-refractivity contribution in [1.82, 2.24) is 10.3 Å². The molecule has 0 fully saturated rings. The van der Waals surface area contributed by atoms with Crippen molar-refractivity contribution in [2.75, 3.05) is 0 Å². The lowest BCUT2D eigenvalue weighted by Crippen LogP contribution is -2.24. The van der Waals surface area contributed by atoms with Crippen LogP contribution in [0.4, 0.5) is 0 Å². The molecule has 0 spiro atoms. The first kappa shape index (κ1) is 15.9. The molecule has 1 amide bonds. The number of hydrogen-bond acceptors (Lipinski definition) is 2. The van der Waals surface area contributed by atoms with Crippen LogP contribution in [-0.4, -0.2) is 16.0 Å². The van der Waals surface area contributed by atoms with Gasteiger partial charge in [-0.3, -0.25) is 4.79 Å². The Morgan fingerprint density at radius 1 is 1.13 bits per heavy atom. The first-order valence-corrected chi connectivity index (χ1v) is 7.78. The van der Waals surface area contributed by atoms with Gasteiger partial charge in [-0.1, -0.05) is 47.5 Å². The molecule has 0 unspecified atom stereocenters. The third kappa shape index (κ3) is 3.20. The molecule has 23 heavy (non-hydrogen) atoms. The van der Waals surface area contributed by atoms with Gasteiger partial charge in [-0.05, 0) is 29.3 Å². The monoisotopic (exact) mass is 348 g/mol. The van der Waals surface area contributed by atoms with E-state index in [4.69, 9.17) is 23.2 Å². The normalized spacial score (nSPS) is 10.9. The number of aromatic nitrogens is 1. The van der Waals surface area contributed by atoms with Crippen molar-refractivity contribution >= 4 is 40.0 Å². The number of nitrogens with one attached hydrogen (secondary N) is 2. The van der Waals surface area contributed by atoms with Gasteiger partial charge in [0.25, 0.3) is 5.91 Å². The third-order valence-corrected chi connectivity index (χ3v) is 4.28. The van der Waals surface area contributed by atoms with Gasteiger partial charge in [-0.15, -0.1) is 0 Å². The molecule has 0 atom stereocenters. The zero-order valence-corrected chi connectivity index (χ0v) is 13.6. The van der Waals surface area contributed by atoms with Crippen molar-refractivity contribution in [1.29, 1.82) is 0 Å². The van der Waals surface area contributed by atoms with Crippen LogP contribution in [0, 0.1) is 0 Å². The number of hydrogen-bond donors (Lipinski definition) is 3. The highest BCUT2D eigenvalue weighted by molar-refractivity contribution is 6.39. The van der Waals surface area contributed by atoms with E-state index >= 15 is 0 Å². The second-order valence-corrected chi connectivity index (χ2v) is 5.93. The predicted octanol–water partition coefficient (Wildman–Crippen LogP) is 3.90. The Kier molecular flexibility index (Phi) is 4.57. The van der Waals surface area contributed by atoms with E-state index < -0.39 is 0 Å². The molecule has 0 bridgehead atoms. The van der Waals surface area contributed by atoms with Gasteiger partial charge in [0.1, 0.15) is 5.69 Å². The molecule has 0 radical (unpaired) electrons. The number of fused-ring (bicyclic) bond motifs is 1. The average Bonchev–Trinajstić information content (AvgIpc) is 2.89. The van der Waals surface area contributed by atoms with Crippen LogP contribution in [0.15, 0.2) is 42.5 Å². The summed E-state index contributed by atoms with van der Waals surface area (Å²) in [6, 6.07) is 12.6. The largest absolute Gasteiger partial charge is 0.392 e. The number of halogens is 2. The second-order valence-electron chi connectivity index (χ2n) is 5.11. The van der Waals surface area contributed by atoms with Crippen LogP contribution in [-0.2, 0) is 13.2 Å². The summed E-state index contributed by atoms with van der Waals surface area (Å²) in [7, 11) is 0. The van der Waals surface area contributed by atoms with Gasteiger partial charge < -0.3 is 15.4 Å². The topological polar surface area (TPSA) is 65.1 Å². The Labute approximate surface area is 143 Å². The number of benzene rings is 2. The van der Waals surface area contributed by atoms with E-state index in [0.717, 1.165) is 16.6 Å². The van der Waals surface area contributed by atoms with Crippen molar-refractivity contribution in [3.05, 3.63) is 69.3 Å². The predicted molar refractivity (Wildman–Crippen MR) is 91.9 cm³/mol. The molecule has 4 nitrogen and oxygen atoms in total. The fourth-order valence-electron chi connectivity index (χ4n) is 2.44. The maximum atomic E-state index is 12.4. The first-order chi connectivity index (χ1) is 11.1. The maximum Gasteiger partial charge on any atom is 0.269 e. The lowest BCUT2D eigenvalue weighted by atomic mass is 10.1. The molecule has 1 aromatic heterocycles. The molecular formula is C17H14Cl2N2O2. The van der Waals surface area contributed by atoms with Crippen molar-refractivity contribution in [2.24, 2.45) is 0 Å². The van der Waals surface area contributed by atoms with E-state index in [0.29, 0.717) is 27.7 Å². The van der Waals surface area contributed by atoms with Gasteiger partial charge in [-0.2, -0.15) is 0 Å². The molecule has 0 saturated heterocycles. The molecule has 3 N–H and O–H groups in total. The number of carbonyl (C=O) groups is 1. The van der Waals surface area contributed by atoms with Gasteiger partial charge in [0, 0.05) is 22.5 Å². The maximum absolute atomic E-state index is 12.4. The summed E-state index contributed by atoms with van der Waals surface area (Å²) in [5, 5.41) is 13.7. The highest BCUT2D eigenvalue weighted by atomic mass is 35.5.